The number of unbranched alkanes of at least 4 members (excludes halogenated alkanes) is 2. The Balaban J connectivity index is 0.000000166. The Bertz CT molecular complexity index is 7260. The molecule has 15 rings (SSSR count). The third-order valence-electron chi connectivity index (χ3n) is 21.8. The standard InChI is InChI=1S/C26H26O4.C25H24O4.C24H22O4.C23H20O4.C20H14O4/c1-17(2)25(27)29-14-6-5-7-19-8-12-23-20(15-19)9-10-21-16-22(11-13-24(21)23)30-26(28)18(3)4;1-16(2)24(26)28-13-5-6-18-7-11-22-19(14-18)8-9-20-15-21(10-12-23(20)22)29-25(27)17(3)4;1-3-23(25)27-14-6-5-7-17-8-12-21-18(15-17)9-10-19-16-20(11-13-22(19)21)28-24(26)4-2;1-3-22(24)26-13-5-6-16-7-11-20-17(14-16)8-9-18-15-19(10-12-21(18)20)27-23(25)4-2;1-3-19(21)23-15-7-9-17-13(11-15)5-6-14-12-16(8-10-18(14)17)24-20(22)4-2/h8-13,15-16H,1,3,5-7,14H2,2,4H3;7-12,14-15H,1,3,5-6,13H2,2,4H3;3-4,8-13,15-16H,1-2,5-7,14H2;3-4,7-12,14-15H,1-2,5-6,13H2;3-12H,1-2H2. The van der Waals surface area contributed by atoms with E-state index >= 15 is 0 Å². The maximum absolute atomic E-state index is 11.7. The first-order chi connectivity index (χ1) is 66.5. The van der Waals surface area contributed by atoms with Crippen LogP contribution >= 0.6 is 0 Å². The monoisotopic (exact) mass is 1840 g/mol. The summed E-state index contributed by atoms with van der Waals surface area (Å²) in [7, 11) is 0. The number of hydrogen-bond acceptors (Lipinski definition) is 20. The third kappa shape index (κ3) is 28.8. The Hall–Kier alpha value is -17.0. The van der Waals surface area contributed by atoms with Crippen molar-refractivity contribution >= 4 is 167 Å². The van der Waals surface area contributed by atoms with Gasteiger partial charge in [-0.15, -0.1) is 0 Å². The van der Waals surface area contributed by atoms with Crippen molar-refractivity contribution in [1.82, 2.24) is 0 Å². The van der Waals surface area contributed by atoms with Gasteiger partial charge in [-0.2, -0.15) is 0 Å². The van der Waals surface area contributed by atoms with Crippen molar-refractivity contribution in [2.45, 2.75) is 91.9 Å². The fourth-order valence-electron chi connectivity index (χ4n) is 14.9. The lowest BCUT2D eigenvalue weighted by Crippen LogP contribution is -2.07. The molecule has 0 N–H and O–H groups in total. The molecule has 0 bridgehead atoms. The molecule has 20 nitrogen and oxygen atoms in total. The summed E-state index contributed by atoms with van der Waals surface area (Å²) < 4.78 is 51.6. The molecular weight excluding hydrogens is 1740 g/mol. The van der Waals surface area contributed by atoms with Crippen LogP contribution in [0.3, 0.4) is 0 Å². The lowest BCUT2D eigenvalue weighted by Gasteiger charge is -2.09. The number of ether oxygens (including phenoxy) is 10. The van der Waals surface area contributed by atoms with Crippen LogP contribution in [-0.2, 0) is 92.6 Å². The summed E-state index contributed by atoms with van der Waals surface area (Å²) in [4.78, 5) is 114. The summed E-state index contributed by atoms with van der Waals surface area (Å²) in [5, 5.41) is 21.5. The molecule has 0 aromatic heterocycles. The minimum atomic E-state index is -0.496. The molecule has 138 heavy (non-hydrogen) atoms. The highest BCUT2D eigenvalue weighted by molar-refractivity contribution is 6.13. The summed E-state index contributed by atoms with van der Waals surface area (Å²) in [6, 6.07) is 79.1. The van der Waals surface area contributed by atoms with Crippen molar-refractivity contribution in [3.05, 3.63) is 389 Å². The van der Waals surface area contributed by atoms with Crippen molar-refractivity contribution in [2.75, 3.05) is 26.4 Å². The molecule has 0 aliphatic heterocycles. The second-order valence-electron chi connectivity index (χ2n) is 32.4. The van der Waals surface area contributed by atoms with Gasteiger partial charge in [-0.1, -0.05) is 236 Å². The van der Waals surface area contributed by atoms with E-state index in [-0.39, 0.29) is 17.9 Å². The highest BCUT2D eigenvalue weighted by Gasteiger charge is 2.16. The van der Waals surface area contributed by atoms with E-state index < -0.39 is 41.8 Å². The molecule has 0 heterocycles. The van der Waals surface area contributed by atoms with Crippen molar-refractivity contribution < 1.29 is 95.3 Å². The number of carbonyl (C=O) groups is 10. The minimum Gasteiger partial charge on any atom is -0.463 e. The first-order valence-electron chi connectivity index (χ1n) is 44.7. The molecule has 0 unspecified atom stereocenters. The van der Waals surface area contributed by atoms with Crippen LogP contribution in [0.1, 0.15) is 88.5 Å². The van der Waals surface area contributed by atoms with E-state index in [1.807, 2.05) is 103 Å². The van der Waals surface area contributed by atoms with Gasteiger partial charge in [0, 0.05) is 58.7 Å². The van der Waals surface area contributed by atoms with Gasteiger partial charge in [-0.3, -0.25) is 0 Å². The molecule has 0 radical (unpaired) electrons. The summed E-state index contributed by atoms with van der Waals surface area (Å²) in [6.07, 6.45) is 15.4. The fraction of sp³-hybridized carbons (Fsp3) is 0.153. The molecule has 698 valence electrons. The first-order valence-corrected chi connectivity index (χ1v) is 44.7. The quantitative estimate of drug-likeness (QED) is 0.00906. The van der Waals surface area contributed by atoms with E-state index in [1.165, 1.54) is 45.2 Å². The van der Waals surface area contributed by atoms with Gasteiger partial charge < -0.3 is 47.4 Å². The van der Waals surface area contributed by atoms with Crippen molar-refractivity contribution in [2.24, 2.45) is 0 Å². The Morgan fingerprint density at radius 3 is 0.601 bits per heavy atom. The molecule has 15 aromatic carbocycles. The predicted molar refractivity (Wildman–Crippen MR) is 548 cm³/mol. The van der Waals surface area contributed by atoms with Gasteiger partial charge in [-0.25, -0.2) is 47.9 Å². The SMILES string of the molecule is C=C(C)C(=O)OCCCCc1ccc2c(ccc3cc(OC(=O)C(=C)C)ccc32)c1.C=C(C)C(=O)OCCCc1ccc2c(ccc3cc(OC(=O)C(=C)C)ccc32)c1.C=CC(=O)OCCCCc1ccc2c(ccc3cc(OC(=O)C=C)ccc32)c1.C=CC(=O)OCCCc1ccc2c(ccc3cc(OC(=O)C=C)ccc32)c1.C=CC(=O)Oc1ccc2c(ccc3cc(OC(=O)C=C)ccc32)c1. The molecule has 0 fully saturated rings. The predicted octanol–water partition coefficient (Wildman–Crippen LogP) is 25.5. The smallest absolute Gasteiger partial charge is 0.338 e. The van der Waals surface area contributed by atoms with Crippen LogP contribution in [0.4, 0.5) is 0 Å². The van der Waals surface area contributed by atoms with E-state index in [0.717, 1.165) is 185 Å². The van der Waals surface area contributed by atoms with Crippen LogP contribution in [0, 0.1) is 0 Å². The van der Waals surface area contributed by atoms with E-state index in [4.69, 9.17) is 47.4 Å². The van der Waals surface area contributed by atoms with Crippen LogP contribution in [-0.4, -0.2) is 86.1 Å². The highest BCUT2D eigenvalue weighted by Crippen LogP contribution is 2.37. The van der Waals surface area contributed by atoms with Gasteiger partial charge in [0.05, 0.1) is 26.4 Å². The molecule has 20 heteroatoms. The molecule has 0 amide bonds. The van der Waals surface area contributed by atoms with E-state index in [0.29, 0.717) is 83.2 Å². The van der Waals surface area contributed by atoms with E-state index in [1.54, 1.807) is 70.2 Å². The lowest BCUT2D eigenvalue weighted by atomic mass is 9.98. The topological polar surface area (TPSA) is 263 Å². The van der Waals surface area contributed by atoms with Gasteiger partial charge in [0.2, 0.25) is 0 Å². The van der Waals surface area contributed by atoms with Gasteiger partial charge in [-0.05, 0) is 295 Å². The van der Waals surface area contributed by atoms with Crippen molar-refractivity contribution in [3.63, 3.8) is 0 Å². The number of rotatable bonds is 34. The third-order valence-corrected chi connectivity index (χ3v) is 21.8. The first kappa shape index (κ1) is 102. The molecule has 0 atom stereocenters. The number of esters is 10. The Morgan fingerprint density at radius 2 is 0.384 bits per heavy atom. The zero-order chi connectivity index (χ0) is 98.9. The van der Waals surface area contributed by atoms with Gasteiger partial charge in [0.1, 0.15) is 34.5 Å². The summed E-state index contributed by atoms with van der Waals surface area (Å²) in [5.74, 6) is -1.28. The Kier molecular flexibility index (Phi) is 36.5. The van der Waals surface area contributed by atoms with Gasteiger partial charge >= 0.3 is 59.7 Å². The molecule has 15 aromatic rings. The van der Waals surface area contributed by atoms with Crippen LogP contribution in [0.5, 0.6) is 34.5 Å². The van der Waals surface area contributed by atoms with Crippen molar-refractivity contribution in [1.29, 1.82) is 0 Å². The van der Waals surface area contributed by atoms with E-state index in [2.05, 4.69) is 163 Å². The molecule has 0 aliphatic rings. The molecule has 0 saturated heterocycles. The van der Waals surface area contributed by atoms with Crippen LogP contribution in [0.25, 0.3) is 108 Å². The average molecular weight is 1840 g/mol. The second kappa shape index (κ2) is 49.7. The molecule has 0 saturated carbocycles. The number of aryl methyl sites for hydroxylation is 4. The summed E-state index contributed by atoms with van der Waals surface area (Å²) in [6.45, 7) is 42.8. The zero-order valence-corrected chi connectivity index (χ0v) is 77.7. The van der Waals surface area contributed by atoms with Crippen molar-refractivity contribution in [3.8, 4) is 34.5 Å². The summed E-state index contributed by atoms with van der Waals surface area (Å²) in [5.41, 5.74) is 6.46. The molecular formula is C118H106O20. The van der Waals surface area contributed by atoms with Crippen LogP contribution < -0.4 is 28.4 Å². The minimum absolute atomic E-state index is 0.329. The maximum Gasteiger partial charge on any atom is 0.338 e. The number of benzene rings is 15. The van der Waals surface area contributed by atoms with Crippen LogP contribution in [0.15, 0.2) is 367 Å². The average Bonchev–Trinajstić information content (AvgIpc) is 0.802. The van der Waals surface area contributed by atoms with Crippen LogP contribution in [0.2, 0.25) is 0 Å². The fourth-order valence-corrected chi connectivity index (χ4v) is 14.9. The second-order valence-corrected chi connectivity index (χ2v) is 32.4. The van der Waals surface area contributed by atoms with E-state index in [9.17, 15) is 47.9 Å². The number of fused-ring (bicyclic) bond motifs is 15. The van der Waals surface area contributed by atoms with Gasteiger partial charge in [0.15, 0.2) is 0 Å². The number of carbonyl (C=O) groups excluding carboxylic acids is 10. The van der Waals surface area contributed by atoms with Gasteiger partial charge in [0.25, 0.3) is 0 Å². The molecule has 0 spiro atoms. The normalized spacial score (nSPS) is 10.6. The Labute approximate surface area is 800 Å². The summed E-state index contributed by atoms with van der Waals surface area (Å²) >= 11 is 0. The zero-order valence-electron chi connectivity index (χ0n) is 77.7. The highest BCUT2D eigenvalue weighted by atomic mass is 16.6. The lowest BCUT2D eigenvalue weighted by molar-refractivity contribution is -0.139. The molecule has 0 aliphatic carbocycles. The Morgan fingerprint density at radius 1 is 0.203 bits per heavy atom. The number of hydrogen-bond donors (Lipinski definition) is 0. The largest absolute Gasteiger partial charge is 0.463 e. The maximum atomic E-state index is 11.7.